The highest BCUT2D eigenvalue weighted by atomic mass is 79.9. The van der Waals surface area contributed by atoms with Gasteiger partial charge in [-0.25, -0.2) is 0 Å². The van der Waals surface area contributed by atoms with Crippen LogP contribution in [0.1, 0.15) is 50.7 Å². The second-order valence-electron chi connectivity index (χ2n) is 7.58. The molecular weight excluding hydrogens is 398 g/mol. The summed E-state index contributed by atoms with van der Waals surface area (Å²) < 4.78 is 0. The van der Waals surface area contributed by atoms with E-state index < -0.39 is 5.41 Å². The summed E-state index contributed by atoms with van der Waals surface area (Å²) >= 11 is 0. The van der Waals surface area contributed by atoms with Crippen LogP contribution in [0.5, 0.6) is 0 Å². The van der Waals surface area contributed by atoms with Crippen LogP contribution >= 0.6 is 17.0 Å². The number of hydrogen-bond acceptors (Lipinski definition) is 2. The maximum atomic E-state index is 13.5. The van der Waals surface area contributed by atoms with Crippen LogP contribution in [-0.4, -0.2) is 30.3 Å². The molecule has 1 fully saturated rings. The molecule has 0 N–H and O–H groups in total. The van der Waals surface area contributed by atoms with E-state index >= 15 is 0 Å². The van der Waals surface area contributed by atoms with Crippen LogP contribution in [0.3, 0.4) is 0 Å². The van der Waals surface area contributed by atoms with Crippen LogP contribution in [0.25, 0.3) is 0 Å². The molecule has 0 aromatic heterocycles. The molecule has 1 atom stereocenters. The third-order valence-corrected chi connectivity index (χ3v) is 5.94. The van der Waals surface area contributed by atoms with Crippen LogP contribution in [0.4, 0.5) is 0 Å². The van der Waals surface area contributed by atoms with Gasteiger partial charge in [0.15, 0.2) is 0 Å². The number of ketones is 1. The lowest BCUT2D eigenvalue weighted by Crippen LogP contribution is -2.48. The Morgan fingerprint density at radius 1 is 0.926 bits per heavy atom. The van der Waals surface area contributed by atoms with Gasteiger partial charge in [0.05, 0.1) is 5.41 Å². The number of benzene rings is 2. The van der Waals surface area contributed by atoms with Crippen LogP contribution in [0.2, 0.25) is 0 Å². The van der Waals surface area contributed by atoms with E-state index in [2.05, 4.69) is 60.4 Å². The maximum absolute atomic E-state index is 13.5. The lowest BCUT2D eigenvalue weighted by Gasteiger charge is -2.42. The number of rotatable bonds is 7. The fourth-order valence-electron chi connectivity index (χ4n) is 4.68. The van der Waals surface area contributed by atoms with Crippen molar-refractivity contribution in [1.82, 2.24) is 4.90 Å². The Kier molecular flexibility index (Phi) is 8.25. The van der Waals surface area contributed by atoms with E-state index in [4.69, 9.17) is 0 Å². The maximum Gasteiger partial charge on any atom is 0.147 e. The minimum Gasteiger partial charge on any atom is -0.303 e. The Morgan fingerprint density at radius 2 is 1.41 bits per heavy atom. The van der Waals surface area contributed by atoms with E-state index in [0.717, 1.165) is 30.8 Å². The Bertz CT molecular complexity index is 655. The van der Waals surface area contributed by atoms with E-state index in [1.54, 1.807) is 0 Å². The van der Waals surface area contributed by atoms with Crippen molar-refractivity contribution in [2.75, 3.05) is 19.6 Å². The van der Waals surface area contributed by atoms with E-state index in [1.807, 2.05) is 19.1 Å². The highest BCUT2D eigenvalue weighted by molar-refractivity contribution is 8.93. The zero-order valence-corrected chi connectivity index (χ0v) is 18.3. The monoisotopic (exact) mass is 429 g/mol. The van der Waals surface area contributed by atoms with E-state index in [1.165, 1.54) is 19.3 Å². The summed E-state index contributed by atoms with van der Waals surface area (Å²) in [6, 6.07) is 20.8. The molecule has 3 heteroatoms. The van der Waals surface area contributed by atoms with Crippen molar-refractivity contribution in [1.29, 1.82) is 0 Å². The van der Waals surface area contributed by atoms with Gasteiger partial charge in [-0.2, -0.15) is 0 Å². The van der Waals surface area contributed by atoms with E-state index in [9.17, 15) is 4.79 Å². The largest absolute Gasteiger partial charge is 0.303 e. The lowest BCUT2D eigenvalue weighted by molar-refractivity contribution is -0.124. The predicted octanol–water partition coefficient (Wildman–Crippen LogP) is 5.65. The summed E-state index contributed by atoms with van der Waals surface area (Å²) in [6.45, 7) is 7.54. The first-order chi connectivity index (χ1) is 12.7. The van der Waals surface area contributed by atoms with E-state index in [-0.39, 0.29) is 22.9 Å². The molecule has 0 saturated carbocycles. The molecule has 1 saturated heterocycles. The van der Waals surface area contributed by atoms with Crippen LogP contribution in [-0.2, 0) is 10.2 Å². The minimum atomic E-state index is -0.575. The minimum absolute atomic E-state index is 0. The zero-order chi connectivity index (χ0) is 18.4. The van der Waals surface area contributed by atoms with Gasteiger partial charge in [0, 0.05) is 13.0 Å². The Balaban J connectivity index is 0.00000261. The molecule has 1 unspecified atom stereocenters. The number of hydrogen-bond donors (Lipinski definition) is 0. The number of likely N-dealkylation sites (tertiary alicyclic amines) is 1. The molecule has 0 aliphatic carbocycles. The van der Waals surface area contributed by atoms with Crippen molar-refractivity contribution >= 4 is 22.8 Å². The molecule has 1 aliphatic rings. The van der Waals surface area contributed by atoms with Crippen molar-refractivity contribution < 1.29 is 4.79 Å². The van der Waals surface area contributed by atoms with Gasteiger partial charge in [-0.1, -0.05) is 80.9 Å². The van der Waals surface area contributed by atoms with Crippen molar-refractivity contribution in [3.63, 3.8) is 0 Å². The van der Waals surface area contributed by atoms with Crippen molar-refractivity contribution in [2.24, 2.45) is 5.92 Å². The Morgan fingerprint density at radius 3 is 1.85 bits per heavy atom. The summed E-state index contributed by atoms with van der Waals surface area (Å²) in [5.41, 5.74) is 1.68. The van der Waals surface area contributed by atoms with Gasteiger partial charge >= 0.3 is 0 Å². The summed E-state index contributed by atoms with van der Waals surface area (Å²) in [4.78, 5) is 16.1. The molecule has 0 amide bonds. The second kappa shape index (κ2) is 10.2. The fraction of sp³-hybridized carbons (Fsp3) is 0.458. The number of carbonyl (C=O) groups excluding carboxylic acids is 1. The highest BCUT2D eigenvalue weighted by Gasteiger charge is 2.45. The van der Waals surface area contributed by atoms with Gasteiger partial charge in [0.25, 0.3) is 0 Å². The number of Topliss-reactive ketones (excluding diaryl/α,β-unsaturated/α-hetero) is 1. The smallest absolute Gasteiger partial charge is 0.147 e. The van der Waals surface area contributed by atoms with Crippen LogP contribution in [0, 0.1) is 5.92 Å². The fourth-order valence-corrected chi connectivity index (χ4v) is 4.68. The predicted molar refractivity (Wildman–Crippen MR) is 119 cm³/mol. The van der Waals surface area contributed by atoms with Gasteiger partial charge in [0.1, 0.15) is 5.78 Å². The Hall–Kier alpha value is -1.45. The molecule has 3 rings (SSSR count). The number of carbonyl (C=O) groups is 1. The Labute approximate surface area is 174 Å². The van der Waals surface area contributed by atoms with Gasteiger partial charge in [-0.05, 0) is 43.0 Å². The zero-order valence-electron chi connectivity index (χ0n) is 16.6. The normalized spacial score (nSPS) is 16.4. The third-order valence-electron chi connectivity index (χ3n) is 5.94. The second-order valence-corrected chi connectivity index (χ2v) is 7.58. The van der Waals surface area contributed by atoms with Gasteiger partial charge in [0.2, 0.25) is 0 Å². The molecule has 1 heterocycles. The SMILES string of the molecule is Br.CCC(=O)C(c1ccccc1)(c1ccccc1)C(C)CN1CCCCC1. The summed E-state index contributed by atoms with van der Waals surface area (Å²) in [6.07, 6.45) is 4.44. The quantitative estimate of drug-likeness (QED) is 0.566. The average molecular weight is 430 g/mol. The number of nitrogens with zero attached hydrogens (tertiary/aromatic N) is 1. The molecule has 27 heavy (non-hydrogen) atoms. The molecule has 2 nitrogen and oxygen atoms in total. The summed E-state index contributed by atoms with van der Waals surface area (Å²) in [5.74, 6) is 0.539. The molecule has 2 aromatic carbocycles. The first-order valence-electron chi connectivity index (χ1n) is 10.1. The third kappa shape index (κ3) is 4.52. The molecule has 0 radical (unpaired) electrons. The number of piperidine rings is 1. The van der Waals surface area contributed by atoms with Gasteiger partial charge < -0.3 is 4.90 Å². The van der Waals surface area contributed by atoms with Gasteiger partial charge in [-0.3, -0.25) is 4.79 Å². The lowest BCUT2D eigenvalue weighted by atomic mass is 9.63. The van der Waals surface area contributed by atoms with Crippen LogP contribution in [0.15, 0.2) is 60.7 Å². The molecular formula is C24H32BrNO. The molecule has 2 aromatic rings. The van der Waals surface area contributed by atoms with Crippen molar-refractivity contribution in [2.45, 2.75) is 44.9 Å². The number of halogens is 1. The van der Waals surface area contributed by atoms with Crippen molar-refractivity contribution in [3.05, 3.63) is 71.8 Å². The highest BCUT2D eigenvalue weighted by Crippen LogP contribution is 2.41. The topological polar surface area (TPSA) is 20.3 Å². The molecule has 0 bridgehead atoms. The molecule has 0 spiro atoms. The molecule has 146 valence electrons. The van der Waals surface area contributed by atoms with E-state index in [0.29, 0.717) is 12.2 Å². The van der Waals surface area contributed by atoms with Crippen LogP contribution < -0.4 is 0 Å². The standard InChI is InChI=1S/C24H31NO.BrH/c1-3-23(26)24(21-13-7-4-8-14-21,22-15-9-5-10-16-22)20(2)19-25-17-11-6-12-18-25;/h4-5,7-10,13-16,20H,3,6,11-12,17-19H2,1-2H3;1H. The average Bonchev–Trinajstić information content (AvgIpc) is 2.71. The summed E-state index contributed by atoms with van der Waals surface area (Å²) in [5, 5.41) is 0. The first-order valence-corrected chi connectivity index (χ1v) is 10.1. The van der Waals surface area contributed by atoms with Crippen molar-refractivity contribution in [3.8, 4) is 0 Å². The van der Waals surface area contributed by atoms with Gasteiger partial charge in [-0.15, -0.1) is 17.0 Å². The first kappa shape index (κ1) is 21.8. The molecule has 1 aliphatic heterocycles. The summed E-state index contributed by atoms with van der Waals surface area (Å²) in [7, 11) is 0.